The summed E-state index contributed by atoms with van der Waals surface area (Å²) in [6.45, 7) is 1.23. The largest absolute Gasteiger partial charge is 0.506 e. The summed E-state index contributed by atoms with van der Waals surface area (Å²) in [6, 6.07) is 6.82. The highest BCUT2D eigenvalue weighted by Gasteiger charge is 2.19. The van der Waals surface area contributed by atoms with Crippen molar-refractivity contribution in [2.75, 3.05) is 13.1 Å². The predicted octanol–water partition coefficient (Wildman–Crippen LogP) is 4.93. The molecule has 0 aromatic heterocycles. The van der Waals surface area contributed by atoms with Crippen LogP contribution in [-0.2, 0) is 11.2 Å². The Morgan fingerprint density at radius 1 is 1.03 bits per heavy atom. The molecule has 0 amide bonds. The molecule has 0 aliphatic carbocycles. The quantitative estimate of drug-likeness (QED) is 0.200. The number of halogens is 4. The van der Waals surface area contributed by atoms with Crippen molar-refractivity contribution in [3.8, 4) is 17.2 Å². The number of aliphatic carboxylic acids is 1. The van der Waals surface area contributed by atoms with E-state index in [1.807, 2.05) is 12.1 Å². The van der Waals surface area contributed by atoms with E-state index in [9.17, 15) is 15.0 Å². The molecule has 2 aromatic rings. The fraction of sp³-hybridized carbons (Fsp3) is 0.316. The second-order valence-electron chi connectivity index (χ2n) is 6.27. The second-order valence-corrected chi connectivity index (χ2v) is 10.9. The van der Waals surface area contributed by atoms with Gasteiger partial charge in [0.25, 0.3) is 0 Å². The lowest BCUT2D eigenvalue weighted by Gasteiger charge is -2.17. The Hall–Kier alpha value is 0.350. The van der Waals surface area contributed by atoms with Gasteiger partial charge in [0, 0.05) is 0 Å². The van der Waals surface area contributed by atoms with Gasteiger partial charge in [-0.3, -0.25) is 4.79 Å². The Morgan fingerprint density at radius 2 is 1.62 bits per heavy atom. The fourth-order valence-corrected chi connectivity index (χ4v) is 6.40. The third kappa shape index (κ3) is 7.76. The first kappa shape index (κ1) is 25.6. The van der Waals surface area contributed by atoms with E-state index < -0.39 is 12.0 Å². The van der Waals surface area contributed by atoms with Crippen LogP contribution in [0.1, 0.15) is 18.4 Å². The second kappa shape index (κ2) is 12.4. The van der Waals surface area contributed by atoms with Crippen molar-refractivity contribution in [2.24, 2.45) is 5.73 Å². The number of aromatic hydroxyl groups is 1. The van der Waals surface area contributed by atoms with Crippen LogP contribution >= 0.6 is 90.4 Å². The number of nitrogens with one attached hydrogen (secondary N) is 1. The molecule has 5 N–H and O–H groups in total. The van der Waals surface area contributed by atoms with Crippen LogP contribution < -0.4 is 15.8 Å². The number of hydrogen-bond acceptors (Lipinski definition) is 5. The first-order valence-electron chi connectivity index (χ1n) is 8.73. The molecule has 6 nitrogen and oxygen atoms in total. The van der Waals surface area contributed by atoms with Gasteiger partial charge in [-0.15, -0.1) is 0 Å². The van der Waals surface area contributed by atoms with Crippen molar-refractivity contribution in [1.82, 2.24) is 5.32 Å². The van der Waals surface area contributed by atoms with Gasteiger partial charge in [0.05, 0.1) is 14.3 Å². The van der Waals surface area contributed by atoms with Gasteiger partial charge < -0.3 is 26.0 Å². The number of benzene rings is 2. The topological polar surface area (TPSA) is 105 Å². The Labute approximate surface area is 224 Å². The third-order valence-corrected chi connectivity index (χ3v) is 7.28. The molecule has 0 saturated carbocycles. The molecule has 10 heteroatoms. The van der Waals surface area contributed by atoms with E-state index in [0.29, 0.717) is 25.3 Å². The minimum atomic E-state index is -0.865. The Kier molecular flexibility index (Phi) is 11.0. The van der Waals surface area contributed by atoms with Crippen LogP contribution in [0.5, 0.6) is 17.2 Å². The minimum Gasteiger partial charge on any atom is -0.506 e. The van der Waals surface area contributed by atoms with E-state index in [-0.39, 0.29) is 5.75 Å². The van der Waals surface area contributed by atoms with Crippen molar-refractivity contribution in [2.45, 2.75) is 25.3 Å². The minimum absolute atomic E-state index is 0.247. The summed E-state index contributed by atoms with van der Waals surface area (Å²) in [4.78, 5) is 11.6. The highest BCUT2D eigenvalue weighted by atomic mass is 127. The molecule has 29 heavy (non-hydrogen) atoms. The SMILES string of the molecule is NCCCCN[C@@H](Cc1cc(I)c(Oc2cc(I)c(O)c(I)c2)c(I)c1)C(=O)O. The van der Waals surface area contributed by atoms with Crippen LogP contribution in [0, 0.1) is 14.3 Å². The molecule has 0 aliphatic rings. The standard InChI is InChI=1S/C19H20I4N2O4/c20-12-8-11(9-13(21)17(12)26)29-18-14(22)5-10(6-15(18)23)7-16(19(27)28)25-4-2-1-3-24/h5-6,8-9,16,25-26H,1-4,7,24H2,(H,27,28)/t16-/m0/s1. The summed E-state index contributed by atoms with van der Waals surface area (Å²) >= 11 is 8.54. The molecule has 0 saturated heterocycles. The highest BCUT2D eigenvalue weighted by molar-refractivity contribution is 14.1. The summed E-state index contributed by atoms with van der Waals surface area (Å²) in [7, 11) is 0. The zero-order chi connectivity index (χ0) is 21.6. The van der Waals surface area contributed by atoms with Crippen LogP contribution in [0.3, 0.4) is 0 Å². The number of phenols is 1. The molecule has 0 spiro atoms. The summed E-state index contributed by atoms with van der Waals surface area (Å²) in [5.74, 6) is 0.744. The number of carboxylic acid groups (broad SMARTS) is 1. The molecule has 0 fully saturated rings. The molecule has 1 atom stereocenters. The Morgan fingerprint density at radius 3 is 2.14 bits per heavy atom. The van der Waals surface area contributed by atoms with Crippen LogP contribution in [0.25, 0.3) is 0 Å². The zero-order valence-corrected chi connectivity index (χ0v) is 23.9. The van der Waals surface area contributed by atoms with E-state index in [4.69, 9.17) is 10.5 Å². The van der Waals surface area contributed by atoms with Crippen molar-refractivity contribution in [1.29, 1.82) is 0 Å². The number of rotatable bonds is 10. The molecular formula is C19H20I4N2O4. The smallest absolute Gasteiger partial charge is 0.321 e. The van der Waals surface area contributed by atoms with Gasteiger partial charge in [-0.05, 0) is 153 Å². The Bertz CT molecular complexity index is 833. The molecule has 0 bridgehead atoms. The van der Waals surface area contributed by atoms with Crippen LogP contribution in [0.2, 0.25) is 0 Å². The maximum absolute atomic E-state index is 11.6. The summed E-state index contributed by atoms with van der Waals surface area (Å²) in [5, 5.41) is 22.5. The van der Waals surface area contributed by atoms with E-state index in [0.717, 1.165) is 38.4 Å². The Balaban J connectivity index is 2.16. The van der Waals surface area contributed by atoms with E-state index >= 15 is 0 Å². The summed E-state index contributed by atoms with van der Waals surface area (Å²) in [6.07, 6.45) is 2.11. The van der Waals surface area contributed by atoms with Crippen molar-refractivity contribution < 1.29 is 19.7 Å². The lowest BCUT2D eigenvalue weighted by atomic mass is 10.1. The molecule has 158 valence electrons. The number of carbonyl (C=O) groups is 1. The fourth-order valence-electron chi connectivity index (χ4n) is 2.57. The lowest BCUT2D eigenvalue weighted by Crippen LogP contribution is -2.39. The van der Waals surface area contributed by atoms with Crippen molar-refractivity contribution in [3.05, 3.63) is 44.1 Å². The van der Waals surface area contributed by atoms with Gasteiger partial charge >= 0.3 is 5.97 Å². The van der Waals surface area contributed by atoms with Crippen molar-refractivity contribution >= 4 is 96.3 Å². The maximum atomic E-state index is 11.6. The third-order valence-electron chi connectivity index (χ3n) is 4.03. The van der Waals surface area contributed by atoms with Gasteiger partial charge in [-0.1, -0.05) is 0 Å². The molecule has 2 aromatic carbocycles. The molecule has 2 rings (SSSR count). The number of hydrogen-bond donors (Lipinski definition) is 4. The number of nitrogens with two attached hydrogens (primary N) is 1. The first-order valence-corrected chi connectivity index (χ1v) is 13.0. The van der Waals surface area contributed by atoms with E-state index in [2.05, 4.69) is 95.7 Å². The van der Waals surface area contributed by atoms with Gasteiger partial charge in [0.2, 0.25) is 0 Å². The average Bonchev–Trinajstić information content (AvgIpc) is 2.65. The molecule has 0 heterocycles. The number of unbranched alkanes of at least 4 members (excludes halogenated alkanes) is 1. The van der Waals surface area contributed by atoms with Gasteiger partial charge in [-0.2, -0.15) is 0 Å². The number of ether oxygens (including phenoxy) is 1. The van der Waals surface area contributed by atoms with Crippen molar-refractivity contribution in [3.63, 3.8) is 0 Å². The number of phenolic OH excluding ortho intramolecular Hbond substituents is 1. The highest BCUT2D eigenvalue weighted by Crippen LogP contribution is 2.36. The van der Waals surface area contributed by atoms with Gasteiger partial charge in [-0.25, -0.2) is 0 Å². The van der Waals surface area contributed by atoms with Crippen LogP contribution in [0.15, 0.2) is 24.3 Å². The molecule has 0 aliphatic heterocycles. The molecular weight excluding hydrogens is 828 g/mol. The van der Waals surface area contributed by atoms with Gasteiger partial charge in [0.15, 0.2) is 5.75 Å². The first-order chi connectivity index (χ1) is 13.7. The van der Waals surface area contributed by atoms with E-state index in [1.54, 1.807) is 12.1 Å². The summed E-state index contributed by atoms with van der Waals surface area (Å²) in [5.41, 5.74) is 6.41. The monoisotopic (exact) mass is 848 g/mol. The average molecular weight is 848 g/mol. The predicted molar refractivity (Wildman–Crippen MR) is 147 cm³/mol. The normalized spacial score (nSPS) is 12.0. The summed E-state index contributed by atoms with van der Waals surface area (Å²) < 4.78 is 9.31. The van der Waals surface area contributed by atoms with Crippen LogP contribution in [-0.4, -0.2) is 35.3 Å². The molecule has 0 radical (unpaired) electrons. The zero-order valence-electron chi connectivity index (χ0n) is 15.2. The van der Waals surface area contributed by atoms with E-state index in [1.165, 1.54) is 0 Å². The number of carboxylic acids is 1. The lowest BCUT2D eigenvalue weighted by molar-refractivity contribution is -0.139. The van der Waals surface area contributed by atoms with Gasteiger partial charge in [0.1, 0.15) is 17.5 Å². The van der Waals surface area contributed by atoms with Crippen LogP contribution in [0.4, 0.5) is 0 Å². The molecule has 0 unspecified atom stereocenters. The maximum Gasteiger partial charge on any atom is 0.321 e.